The van der Waals surface area contributed by atoms with Crippen LogP contribution in [0.4, 0.5) is 4.39 Å². The lowest BCUT2D eigenvalue weighted by atomic mass is 10.0. The van der Waals surface area contributed by atoms with Gasteiger partial charge in [-0.1, -0.05) is 6.92 Å². The predicted molar refractivity (Wildman–Crippen MR) is 102 cm³/mol. The highest BCUT2D eigenvalue weighted by Gasteiger charge is 2.46. The number of aromatic amines is 1. The monoisotopic (exact) mass is 392 g/mol. The van der Waals surface area contributed by atoms with Gasteiger partial charge in [-0.05, 0) is 37.2 Å². The third kappa shape index (κ3) is 3.79. The second kappa shape index (κ2) is 7.33. The van der Waals surface area contributed by atoms with Crippen molar-refractivity contribution in [1.82, 2.24) is 20.0 Å². The van der Waals surface area contributed by atoms with Crippen LogP contribution < -0.4 is 0 Å². The Morgan fingerprint density at radius 3 is 2.52 bits per heavy atom. The van der Waals surface area contributed by atoms with Gasteiger partial charge in [0.25, 0.3) is 0 Å². The van der Waals surface area contributed by atoms with Crippen LogP contribution in [0, 0.1) is 5.82 Å². The van der Waals surface area contributed by atoms with Gasteiger partial charge in [0.05, 0.1) is 23.4 Å². The standard InChI is InChI=1S/C19H25FN4O2S/c1-2-7-23-8-9-24(18-13-27(25,26)12-17(18)23)11-15-10-21-22-19(15)14-3-5-16(20)6-4-14/h3-6,10,17-18H,2,7-9,11-13H2,1H3,(H,21,22)/t17-,18+/m1/s1. The Bertz CT molecular complexity index is 897. The molecule has 2 fully saturated rings. The van der Waals surface area contributed by atoms with E-state index in [1.165, 1.54) is 12.1 Å². The lowest BCUT2D eigenvalue weighted by Gasteiger charge is -2.43. The minimum Gasteiger partial charge on any atom is -0.297 e. The molecule has 146 valence electrons. The Kier molecular flexibility index (Phi) is 5.05. The number of rotatable bonds is 5. The lowest BCUT2D eigenvalue weighted by Crippen LogP contribution is -2.58. The lowest BCUT2D eigenvalue weighted by molar-refractivity contribution is 0.0406. The van der Waals surface area contributed by atoms with Crippen LogP contribution in [0.1, 0.15) is 18.9 Å². The fourth-order valence-electron chi connectivity index (χ4n) is 4.37. The summed E-state index contributed by atoms with van der Waals surface area (Å²) in [5.74, 6) is 0.206. The van der Waals surface area contributed by atoms with Crippen LogP contribution in [0.15, 0.2) is 30.5 Å². The first kappa shape index (κ1) is 18.6. The molecule has 0 saturated carbocycles. The molecule has 8 heteroatoms. The molecule has 0 radical (unpaired) electrons. The Morgan fingerprint density at radius 1 is 1.15 bits per heavy atom. The SMILES string of the molecule is CCCN1CCN(Cc2cn[nH]c2-c2ccc(F)cc2)[C@H]2CS(=O)(=O)C[C@H]21. The normalized spacial score (nSPS) is 25.6. The highest BCUT2D eigenvalue weighted by molar-refractivity contribution is 7.91. The smallest absolute Gasteiger partial charge is 0.153 e. The predicted octanol–water partition coefficient (Wildman–Crippen LogP) is 1.91. The number of nitrogens with zero attached hydrogens (tertiary/aromatic N) is 3. The van der Waals surface area contributed by atoms with Gasteiger partial charge in [0.2, 0.25) is 0 Å². The number of hydrogen-bond donors (Lipinski definition) is 1. The Hall–Kier alpha value is -1.77. The Labute approximate surface area is 159 Å². The van der Waals surface area contributed by atoms with Crippen molar-refractivity contribution in [2.45, 2.75) is 32.0 Å². The van der Waals surface area contributed by atoms with E-state index in [1.54, 1.807) is 18.3 Å². The molecule has 2 aromatic rings. The number of H-pyrrole nitrogens is 1. The summed E-state index contributed by atoms with van der Waals surface area (Å²) in [6.07, 6.45) is 2.81. The highest BCUT2D eigenvalue weighted by atomic mass is 32.2. The van der Waals surface area contributed by atoms with Gasteiger partial charge < -0.3 is 0 Å². The number of halogens is 1. The molecule has 2 aliphatic rings. The van der Waals surface area contributed by atoms with E-state index in [0.29, 0.717) is 6.54 Å². The number of aromatic nitrogens is 2. The fourth-order valence-corrected chi connectivity index (χ4v) is 6.42. The van der Waals surface area contributed by atoms with Crippen molar-refractivity contribution in [1.29, 1.82) is 0 Å². The summed E-state index contributed by atoms with van der Waals surface area (Å²) >= 11 is 0. The number of benzene rings is 1. The molecule has 2 atom stereocenters. The first-order valence-corrected chi connectivity index (χ1v) is 11.3. The maximum Gasteiger partial charge on any atom is 0.153 e. The largest absolute Gasteiger partial charge is 0.297 e. The van der Waals surface area contributed by atoms with Crippen molar-refractivity contribution in [2.75, 3.05) is 31.1 Å². The summed E-state index contributed by atoms with van der Waals surface area (Å²) in [4.78, 5) is 4.61. The molecule has 3 heterocycles. The van der Waals surface area contributed by atoms with Gasteiger partial charge in [0, 0.05) is 42.8 Å². The van der Waals surface area contributed by atoms with Crippen LogP contribution in [-0.2, 0) is 16.4 Å². The van der Waals surface area contributed by atoms with Crippen molar-refractivity contribution in [3.05, 3.63) is 41.8 Å². The van der Waals surface area contributed by atoms with Crippen LogP contribution in [0.5, 0.6) is 0 Å². The molecule has 4 rings (SSSR count). The molecule has 6 nitrogen and oxygen atoms in total. The number of sulfone groups is 1. The average Bonchev–Trinajstić information content (AvgIpc) is 3.21. The molecule has 0 aliphatic carbocycles. The quantitative estimate of drug-likeness (QED) is 0.842. The van der Waals surface area contributed by atoms with E-state index < -0.39 is 9.84 Å². The summed E-state index contributed by atoms with van der Waals surface area (Å²) in [7, 11) is -3.01. The topological polar surface area (TPSA) is 69.3 Å². The van der Waals surface area contributed by atoms with Gasteiger partial charge in [-0.2, -0.15) is 5.10 Å². The van der Waals surface area contributed by atoms with Crippen molar-refractivity contribution < 1.29 is 12.8 Å². The van der Waals surface area contributed by atoms with Crippen molar-refractivity contribution in [3.8, 4) is 11.3 Å². The zero-order valence-electron chi connectivity index (χ0n) is 15.4. The van der Waals surface area contributed by atoms with Gasteiger partial charge >= 0.3 is 0 Å². The highest BCUT2D eigenvalue weighted by Crippen LogP contribution is 2.30. The van der Waals surface area contributed by atoms with Crippen molar-refractivity contribution in [3.63, 3.8) is 0 Å². The molecule has 0 unspecified atom stereocenters. The summed E-state index contributed by atoms with van der Waals surface area (Å²) in [5.41, 5.74) is 2.75. The number of hydrogen-bond acceptors (Lipinski definition) is 5. The molecule has 2 saturated heterocycles. The minimum atomic E-state index is -3.01. The molecule has 1 aromatic heterocycles. The van der Waals surface area contributed by atoms with Gasteiger partial charge in [-0.15, -0.1) is 0 Å². The van der Waals surface area contributed by atoms with E-state index in [-0.39, 0.29) is 29.4 Å². The Balaban J connectivity index is 1.57. The second-order valence-corrected chi connectivity index (χ2v) is 9.65. The molecular formula is C19H25FN4O2S. The van der Waals surface area contributed by atoms with Crippen molar-refractivity contribution >= 4 is 9.84 Å². The first-order chi connectivity index (χ1) is 13.0. The summed E-state index contributed by atoms with van der Waals surface area (Å²) < 4.78 is 37.8. The molecular weight excluding hydrogens is 367 g/mol. The number of piperazine rings is 1. The molecule has 0 bridgehead atoms. The van der Waals surface area contributed by atoms with Gasteiger partial charge in [-0.25, -0.2) is 12.8 Å². The summed E-state index contributed by atoms with van der Waals surface area (Å²) in [6, 6.07) is 6.42. The van der Waals surface area contributed by atoms with Gasteiger partial charge in [-0.3, -0.25) is 14.9 Å². The summed E-state index contributed by atoms with van der Waals surface area (Å²) in [5, 5.41) is 7.18. The van der Waals surface area contributed by atoms with E-state index in [1.807, 2.05) is 0 Å². The Morgan fingerprint density at radius 2 is 1.81 bits per heavy atom. The molecule has 2 aliphatic heterocycles. The zero-order valence-corrected chi connectivity index (χ0v) is 16.3. The van der Waals surface area contributed by atoms with Crippen LogP contribution in [0.2, 0.25) is 0 Å². The molecule has 27 heavy (non-hydrogen) atoms. The number of nitrogens with one attached hydrogen (secondary N) is 1. The average molecular weight is 393 g/mol. The van der Waals surface area contributed by atoms with Crippen LogP contribution in [-0.4, -0.2) is 71.6 Å². The van der Waals surface area contributed by atoms with E-state index in [4.69, 9.17) is 0 Å². The number of fused-ring (bicyclic) bond motifs is 1. The van der Waals surface area contributed by atoms with Gasteiger partial charge in [0.1, 0.15) is 5.82 Å². The maximum atomic E-state index is 13.2. The maximum absolute atomic E-state index is 13.2. The molecule has 0 amide bonds. The molecule has 1 N–H and O–H groups in total. The first-order valence-electron chi connectivity index (χ1n) is 9.43. The fraction of sp³-hybridized carbons (Fsp3) is 0.526. The minimum absolute atomic E-state index is 0.0197. The van der Waals surface area contributed by atoms with Gasteiger partial charge in [0.15, 0.2) is 9.84 Å². The summed E-state index contributed by atoms with van der Waals surface area (Å²) in [6.45, 7) is 5.43. The van der Waals surface area contributed by atoms with E-state index in [2.05, 4.69) is 26.9 Å². The van der Waals surface area contributed by atoms with Crippen LogP contribution >= 0.6 is 0 Å². The van der Waals surface area contributed by atoms with E-state index in [0.717, 1.165) is 42.9 Å². The molecule has 1 aromatic carbocycles. The third-order valence-corrected chi connectivity index (χ3v) is 7.34. The van der Waals surface area contributed by atoms with Crippen LogP contribution in [0.3, 0.4) is 0 Å². The van der Waals surface area contributed by atoms with E-state index in [9.17, 15) is 12.8 Å². The van der Waals surface area contributed by atoms with Crippen molar-refractivity contribution in [2.24, 2.45) is 0 Å². The molecule has 0 spiro atoms. The van der Waals surface area contributed by atoms with E-state index >= 15 is 0 Å². The van der Waals surface area contributed by atoms with Crippen LogP contribution in [0.25, 0.3) is 11.3 Å². The third-order valence-electron chi connectivity index (χ3n) is 5.64. The zero-order chi connectivity index (χ0) is 19.0. The second-order valence-electron chi connectivity index (χ2n) is 7.50.